The zero-order chi connectivity index (χ0) is 12.7. The molecule has 1 heterocycles. The standard InChI is InChI=1S/C14H25N3/c1-5-17(12-14(2,3)11-15-4)10-13-6-8-16-9-7-13/h6-9,15H,5,10-12H2,1-4H3. The fourth-order valence-corrected chi connectivity index (χ4v) is 2.17. The second kappa shape index (κ2) is 6.72. The molecule has 1 N–H and O–H groups in total. The molecule has 0 unspecified atom stereocenters. The molecule has 0 saturated heterocycles. The summed E-state index contributed by atoms with van der Waals surface area (Å²) in [5.74, 6) is 0. The first-order valence-corrected chi connectivity index (χ1v) is 6.33. The van der Waals surface area contributed by atoms with Crippen LogP contribution in [0.3, 0.4) is 0 Å². The predicted molar refractivity (Wildman–Crippen MR) is 72.9 cm³/mol. The minimum absolute atomic E-state index is 0.303. The van der Waals surface area contributed by atoms with Gasteiger partial charge in [0.25, 0.3) is 0 Å². The average Bonchev–Trinajstić information content (AvgIpc) is 2.29. The average molecular weight is 235 g/mol. The molecular formula is C14H25N3. The Morgan fingerprint density at radius 3 is 2.47 bits per heavy atom. The third kappa shape index (κ3) is 5.29. The first-order chi connectivity index (χ1) is 8.07. The van der Waals surface area contributed by atoms with Gasteiger partial charge in [-0.05, 0) is 36.7 Å². The van der Waals surface area contributed by atoms with Crippen LogP contribution in [0.1, 0.15) is 26.3 Å². The van der Waals surface area contributed by atoms with Crippen molar-refractivity contribution in [1.29, 1.82) is 0 Å². The van der Waals surface area contributed by atoms with Crippen molar-refractivity contribution in [3.8, 4) is 0 Å². The van der Waals surface area contributed by atoms with Crippen LogP contribution in [0.15, 0.2) is 24.5 Å². The fourth-order valence-electron chi connectivity index (χ4n) is 2.17. The summed E-state index contributed by atoms with van der Waals surface area (Å²) in [4.78, 5) is 6.53. The van der Waals surface area contributed by atoms with Crippen molar-refractivity contribution in [2.24, 2.45) is 5.41 Å². The van der Waals surface area contributed by atoms with Crippen molar-refractivity contribution < 1.29 is 0 Å². The van der Waals surface area contributed by atoms with Gasteiger partial charge in [0.15, 0.2) is 0 Å². The topological polar surface area (TPSA) is 28.2 Å². The molecule has 0 radical (unpaired) electrons. The maximum Gasteiger partial charge on any atom is 0.0271 e. The number of hydrogen-bond donors (Lipinski definition) is 1. The molecule has 1 aromatic rings. The third-order valence-corrected chi connectivity index (χ3v) is 2.91. The lowest BCUT2D eigenvalue weighted by Gasteiger charge is -2.32. The summed E-state index contributed by atoms with van der Waals surface area (Å²) >= 11 is 0. The Morgan fingerprint density at radius 1 is 1.29 bits per heavy atom. The van der Waals surface area contributed by atoms with Crippen LogP contribution >= 0.6 is 0 Å². The fraction of sp³-hybridized carbons (Fsp3) is 0.643. The van der Waals surface area contributed by atoms with Crippen molar-refractivity contribution >= 4 is 0 Å². The Balaban J connectivity index is 2.55. The van der Waals surface area contributed by atoms with Gasteiger partial charge >= 0.3 is 0 Å². The van der Waals surface area contributed by atoms with E-state index in [1.54, 1.807) is 0 Å². The van der Waals surface area contributed by atoms with Gasteiger partial charge in [-0.2, -0.15) is 0 Å². The number of nitrogens with one attached hydrogen (secondary N) is 1. The molecule has 1 aromatic heterocycles. The van der Waals surface area contributed by atoms with Crippen molar-refractivity contribution in [2.75, 3.05) is 26.7 Å². The zero-order valence-corrected chi connectivity index (χ0v) is 11.5. The summed E-state index contributed by atoms with van der Waals surface area (Å²) in [7, 11) is 2.01. The lowest BCUT2D eigenvalue weighted by molar-refractivity contribution is 0.177. The summed E-state index contributed by atoms with van der Waals surface area (Å²) in [5, 5.41) is 3.26. The van der Waals surface area contributed by atoms with Crippen LogP contribution in [0.4, 0.5) is 0 Å². The van der Waals surface area contributed by atoms with E-state index >= 15 is 0 Å². The summed E-state index contributed by atoms with van der Waals surface area (Å²) in [5.41, 5.74) is 1.64. The first kappa shape index (κ1) is 14.1. The van der Waals surface area contributed by atoms with Crippen LogP contribution in [-0.2, 0) is 6.54 Å². The van der Waals surface area contributed by atoms with Crippen LogP contribution in [0.2, 0.25) is 0 Å². The van der Waals surface area contributed by atoms with Crippen LogP contribution < -0.4 is 5.32 Å². The number of nitrogens with zero attached hydrogens (tertiary/aromatic N) is 2. The molecule has 0 aliphatic carbocycles. The van der Waals surface area contributed by atoms with E-state index in [-0.39, 0.29) is 0 Å². The molecule has 0 bridgehead atoms. The predicted octanol–water partition coefficient (Wildman–Crippen LogP) is 2.15. The zero-order valence-electron chi connectivity index (χ0n) is 11.5. The highest BCUT2D eigenvalue weighted by Crippen LogP contribution is 2.17. The second-order valence-electron chi connectivity index (χ2n) is 5.35. The minimum Gasteiger partial charge on any atom is -0.319 e. The molecule has 0 fully saturated rings. The van der Waals surface area contributed by atoms with Gasteiger partial charge in [0, 0.05) is 32.0 Å². The van der Waals surface area contributed by atoms with Gasteiger partial charge in [-0.25, -0.2) is 0 Å². The van der Waals surface area contributed by atoms with E-state index in [9.17, 15) is 0 Å². The number of hydrogen-bond acceptors (Lipinski definition) is 3. The molecule has 0 aliphatic rings. The smallest absolute Gasteiger partial charge is 0.0271 e. The van der Waals surface area contributed by atoms with E-state index in [1.165, 1.54) is 5.56 Å². The lowest BCUT2D eigenvalue weighted by Crippen LogP contribution is -2.39. The normalized spacial score (nSPS) is 12.1. The number of pyridine rings is 1. The maximum absolute atomic E-state index is 4.05. The maximum atomic E-state index is 4.05. The molecule has 0 amide bonds. The minimum atomic E-state index is 0.303. The van der Waals surface area contributed by atoms with E-state index < -0.39 is 0 Å². The Morgan fingerprint density at radius 2 is 1.94 bits per heavy atom. The lowest BCUT2D eigenvalue weighted by atomic mass is 9.92. The molecule has 3 heteroatoms. The number of rotatable bonds is 7. The van der Waals surface area contributed by atoms with Crippen molar-refractivity contribution in [2.45, 2.75) is 27.3 Å². The molecular weight excluding hydrogens is 210 g/mol. The molecule has 96 valence electrons. The highest BCUT2D eigenvalue weighted by atomic mass is 15.1. The Labute approximate surface area is 105 Å². The van der Waals surface area contributed by atoms with Crippen LogP contribution in [-0.4, -0.2) is 36.6 Å². The molecule has 0 atom stereocenters. The van der Waals surface area contributed by atoms with E-state index in [1.807, 2.05) is 19.4 Å². The highest BCUT2D eigenvalue weighted by molar-refractivity contribution is 5.09. The van der Waals surface area contributed by atoms with E-state index in [2.05, 4.69) is 48.1 Å². The molecule has 0 aliphatic heterocycles. The monoisotopic (exact) mass is 235 g/mol. The molecule has 1 rings (SSSR count). The molecule has 17 heavy (non-hydrogen) atoms. The Kier molecular flexibility index (Phi) is 5.59. The van der Waals surface area contributed by atoms with Gasteiger partial charge in [0.2, 0.25) is 0 Å². The van der Waals surface area contributed by atoms with Gasteiger partial charge in [-0.3, -0.25) is 9.88 Å². The van der Waals surface area contributed by atoms with Crippen molar-refractivity contribution in [3.63, 3.8) is 0 Å². The highest BCUT2D eigenvalue weighted by Gasteiger charge is 2.20. The van der Waals surface area contributed by atoms with Gasteiger partial charge in [-0.15, -0.1) is 0 Å². The third-order valence-electron chi connectivity index (χ3n) is 2.91. The van der Waals surface area contributed by atoms with Gasteiger partial charge in [0.1, 0.15) is 0 Å². The van der Waals surface area contributed by atoms with Crippen LogP contribution in [0.25, 0.3) is 0 Å². The second-order valence-corrected chi connectivity index (χ2v) is 5.35. The van der Waals surface area contributed by atoms with Crippen LogP contribution in [0, 0.1) is 5.41 Å². The van der Waals surface area contributed by atoms with E-state index in [0.717, 1.165) is 26.2 Å². The molecule has 0 spiro atoms. The van der Waals surface area contributed by atoms with Gasteiger partial charge in [0.05, 0.1) is 0 Å². The summed E-state index contributed by atoms with van der Waals surface area (Å²) in [6.07, 6.45) is 3.73. The van der Waals surface area contributed by atoms with Gasteiger partial charge in [-0.1, -0.05) is 20.8 Å². The van der Waals surface area contributed by atoms with Crippen molar-refractivity contribution in [1.82, 2.24) is 15.2 Å². The van der Waals surface area contributed by atoms with Crippen molar-refractivity contribution in [3.05, 3.63) is 30.1 Å². The van der Waals surface area contributed by atoms with Gasteiger partial charge < -0.3 is 5.32 Å². The summed E-state index contributed by atoms with van der Waals surface area (Å²) in [6, 6.07) is 4.18. The largest absolute Gasteiger partial charge is 0.319 e. The van der Waals surface area contributed by atoms with Crippen LogP contribution in [0.5, 0.6) is 0 Å². The van der Waals surface area contributed by atoms with E-state index in [0.29, 0.717) is 5.41 Å². The quantitative estimate of drug-likeness (QED) is 0.785. The number of aromatic nitrogens is 1. The SMILES string of the molecule is CCN(Cc1ccncc1)CC(C)(C)CNC. The molecule has 3 nitrogen and oxygen atoms in total. The Hall–Kier alpha value is -0.930. The van der Waals surface area contributed by atoms with E-state index in [4.69, 9.17) is 0 Å². The first-order valence-electron chi connectivity index (χ1n) is 6.33. The Bertz CT molecular complexity index is 309. The molecule has 0 aromatic carbocycles. The summed E-state index contributed by atoms with van der Waals surface area (Å²) < 4.78 is 0. The summed E-state index contributed by atoms with van der Waals surface area (Å²) in [6.45, 7) is 11.1. The molecule has 0 saturated carbocycles.